The first kappa shape index (κ1) is 18.8. The number of hydrogen-bond acceptors (Lipinski definition) is 4. The molecule has 2 aromatic carbocycles. The van der Waals surface area contributed by atoms with E-state index in [-0.39, 0.29) is 28.2 Å². The van der Waals surface area contributed by atoms with Crippen LogP contribution in [0.2, 0.25) is 0 Å². The molecule has 0 fully saturated rings. The maximum atomic E-state index is 14.7. The van der Waals surface area contributed by atoms with Gasteiger partial charge in [-0.3, -0.25) is 4.79 Å². The maximum Gasteiger partial charge on any atom is 0.316 e. The van der Waals surface area contributed by atoms with Crippen molar-refractivity contribution in [2.45, 2.75) is 0 Å². The van der Waals surface area contributed by atoms with E-state index in [1.54, 1.807) is 0 Å². The van der Waals surface area contributed by atoms with Crippen LogP contribution in [-0.2, 0) is 0 Å². The van der Waals surface area contributed by atoms with Crippen molar-refractivity contribution in [1.29, 1.82) is 0 Å². The van der Waals surface area contributed by atoms with Gasteiger partial charge in [0.05, 0.1) is 24.7 Å². The van der Waals surface area contributed by atoms with E-state index in [2.05, 4.69) is 10.4 Å². The molecule has 3 amide bonds. The van der Waals surface area contributed by atoms with Crippen LogP contribution in [0.5, 0.6) is 5.75 Å². The molecule has 8 nitrogen and oxygen atoms in total. The standard InChI is InChI=1S/C18H15F2N5O3/c1-28-15-5-2-9(19)6-12(15)11-4-3-10(7-13(11)20)25-8-14(23-18(22)27)16(24-25)17(21)26/h2-8H,1H3,(H2,21,26)(H3,22,23,27). The lowest BCUT2D eigenvalue weighted by atomic mass is 10.0. The lowest BCUT2D eigenvalue weighted by Gasteiger charge is -2.11. The van der Waals surface area contributed by atoms with E-state index < -0.39 is 23.6 Å². The van der Waals surface area contributed by atoms with Crippen molar-refractivity contribution in [1.82, 2.24) is 9.78 Å². The highest BCUT2D eigenvalue weighted by Gasteiger charge is 2.18. The van der Waals surface area contributed by atoms with Crippen molar-refractivity contribution in [2.24, 2.45) is 11.5 Å². The third kappa shape index (κ3) is 3.61. The molecule has 3 aromatic rings. The summed E-state index contributed by atoms with van der Waals surface area (Å²) >= 11 is 0. The van der Waals surface area contributed by atoms with Gasteiger partial charge in [-0.15, -0.1) is 0 Å². The van der Waals surface area contributed by atoms with Crippen LogP contribution in [0.15, 0.2) is 42.6 Å². The number of benzene rings is 2. The van der Waals surface area contributed by atoms with Crippen LogP contribution in [0.25, 0.3) is 16.8 Å². The zero-order chi connectivity index (χ0) is 20.4. The molecular weight excluding hydrogens is 372 g/mol. The Balaban J connectivity index is 2.05. The monoisotopic (exact) mass is 387 g/mol. The number of rotatable bonds is 5. The van der Waals surface area contributed by atoms with Gasteiger partial charge in [-0.25, -0.2) is 18.3 Å². The Morgan fingerprint density at radius 1 is 1.11 bits per heavy atom. The molecule has 0 aliphatic heterocycles. The third-order valence-electron chi connectivity index (χ3n) is 3.87. The van der Waals surface area contributed by atoms with Crippen molar-refractivity contribution < 1.29 is 23.1 Å². The number of methoxy groups -OCH3 is 1. The van der Waals surface area contributed by atoms with Gasteiger partial charge in [-0.1, -0.05) is 0 Å². The number of halogens is 2. The first-order chi connectivity index (χ1) is 13.3. The Hall–Kier alpha value is -3.95. The number of nitrogens with zero attached hydrogens (tertiary/aromatic N) is 2. The molecule has 28 heavy (non-hydrogen) atoms. The van der Waals surface area contributed by atoms with Crippen molar-refractivity contribution in [3.8, 4) is 22.6 Å². The Morgan fingerprint density at radius 2 is 1.86 bits per heavy atom. The molecule has 0 saturated heterocycles. The van der Waals surface area contributed by atoms with Crippen LogP contribution in [0.4, 0.5) is 19.3 Å². The smallest absolute Gasteiger partial charge is 0.316 e. The number of anilines is 1. The molecule has 1 heterocycles. The van der Waals surface area contributed by atoms with Crippen LogP contribution < -0.4 is 21.5 Å². The molecule has 0 atom stereocenters. The zero-order valence-electron chi connectivity index (χ0n) is 14.6. The van der Waals surface area contributed by atoms with Crippen molar-refractivity contribution >= 4 is 17.6 Å². The van der Waals surface area contributed by atoms with Gasteiger partial charge in [0.2, 0.25) is 0 Å². The third-order valence-corrected chi connectivity index (χ3v) is 3.87. The molecule has 1 aromatic heterocycles. The minimum atomic E-state index is -0.915. The van der Waals surface area contributed by atoms with Gasteiger partial charge in [0.25, 0.3) is 5.91 Å². The van der Waals surface area contributed by atoms with E-state index >= 15 is 0 Å². The fourth-order valence-electron chi connectivity index (χ4n) is 2.67. The molecule has 0 radical (unpaired) electrons. The van der Waals surface area contributed by atoms with E-state index in [0.717, 1.165) is 16.8 Å². The van der Waals surface area contributed by atoms with Crippen LogP contribution in [0, 0.1) is 11.6 Å². The average Bonchev–Trinajstić information content (AvgIpc) is 3.05. The minimum Gasteiger partial charge on any atom is -0.496 e. The largest absolute Gasteiger partial charge is 0.496 e. The maximum absolute atomic E-state index is 14.7. The molecule has 3 rings (SSSR count). The van der Waals surface area contributed by atoms with Gasteiger partial charge in [0, 0.05) is 17.2 Å². The summed E-state index contributed by atoms with van der Waals surface area (Å²) in [7, 11) is 1.39. The van der Waals surface area contributed by atoms with Crippen molar-refractivity contribution in [3.05, 3.63) is 59.9 Å². The summed E-state index contributed by atoms with van der Waals surface area (Å²) in [4.78, 5) is 22.5. The number of nitrogens with two attached hydrogens (primary N) is 2. The Morgan fingerprint density at radius 3 is 2.46 bits per heavy atom. The summed E-state index contributed by atoms with van der Waals surface area (Å²) in [6, 6.07) is 6.88. The van der Waals surface area contributed by atoms with Crippen LogP contribution in [-0.4, -0.2) is 28.8 Å². The summed E-state index contributed by atoms with van der Waals surface area (Å²) in [5, 5.41) is 6.17. The predicted molar refractivity (Wildman–Crippen MR) is 97.2 cm³/mol. The lowest BCUT2D eigenvalue weighted by Crippen LogP contribution is -2.22. The average molecular weight is 387 g/mol. The summed E-state index contributed by atoms with van der Waals surface area (Å²) in [5.41, 5.74) is 10.6. The molecule has 5 N–H and O–H groups in total. The second-order valence-electron chi connectivity index (χ2n) is 5.70. The number of ether oxygens (including phenoxy) is 1. The normalized spacial score (nSPS) is 10.5. The molecular formula is C18H15F2N5O3. The number of aromatic nitrogens is 2. The van der Waals surface area contributed by atoms with Crippen LogP contribution in [0.3, 0.4) is 0 Å². The molecule has 0 aliphatic carbocycles. The van der Waals surface area contributed by atoms with Crippen molar-refractivity contribution in [2.75, 3.05) is 12.4 Å². The number of primary amides is 2. The van der Waals surface area contributed by atoms with E-state index in [9.17, 15) is 18.4 Å². The van der Waals surface area contributed by atoms with E-state index in [4.69, 9.17) is 16.2 Å². The SMILES string of the molecule is COc1ccc(F)cc1-c1ccc(-n2cc(NC(N)=O)c(C(N)=O)n2)cc1F. The summed E-state index contributed by atoms with van der Waals surface area (Å²) in [6.45, 7) is 0. The van der Waals surface area contributed by atoms with Gasteiger partial charge >= 0.3 is 6.03 Å². The highest BCUT2D eigenvalue weighted by atomic mass is 19.1. The Kier molecular flexibility index (Phi) is 4.94. The summed E-state index contributed by atoms with van der Waals surface area (Å²) < 4.78 is 34.6. The van der Waals surface area contributed by atoms with Crippen LogP contribution in [0.1, 0.15) is 10.5 Å². The van der Waals surface area contributed by atoms with E-state index in [1.165, 1.54) is 37.6 Å². The van der Waals surface area contributed by atoms with Gasteiger partial charge in [0.15, 0.2) is 5.69 Å². The zero-order valence-corrected chi connectivity index (χ0v) is 14.6. The Bertz CT molecular complexity index is 1080. The summed E-state index contributed by atoms with van der Waals surface area (Å²) in [6.07, 6.45) is 1.27. The summed E-state index contributed by atoms with van der Waals surface area (Å²) in [5.74, 6) is -1.82. The first-order valence-electron chi connectivity index (χ1n) is 7.90. The number of urea groups is 1. The van der Waals surface area contributed by atoms with E-state index in [1.807, 2.05) is 0 Å². The minimum absolute atomic E-state index is 0.0173. The highest BCUT2D eigenvalue weighted by molar-refractivity contribution is 6.00. The molecule has 144 valence electrons. The second-order valence-corrected chi connectivity index (χ2v) is 5.70. The van der Waals surface area contributed by atoms with Gasteiger partial charge in [-0.2, -0.15) is 5.10 Å². The fraction of sp³-hybridized carbons (Fsp3) is 0.0556. The predicted octanol–water partition coefficient (Wildman–Crippen LogP) is 2.42. The van der Waals surface area contributed by atoms with Gasteiger partial charge in [-0.05, 0) is 30.3 Å². The van der Waals surface area contributed by atoms with Gasteiger partial charge < -0.3 is 21.5 Å². The van der Waals surface area contributed by atoms with Crippen LogP contribution >= 0.6 is 0 Å². The van der Waals surface area contributed by atoms with Crippen molar-refractivity contribution in [3.63, 3.8) is 0 Å². The number of carbonyl (C=O) groups excluding carboxylic acids is 2. The number of carbonyl (C=O) groups is 2. The molecule has 10 heteroatoms. The van der Waals surface area contributed by atoms with E-state index in [0.29, 0.717) is 5.75 Å². The fourth-order valence-corrected chi connectivity index (χ4v) is 2.67. The van der Waals surface area contributed by atoms with Gasteiger partial charge in [0.1, 0.15) is 17.4 Å². The molecule has 0 saturated carbocycles. The first-order valence-corrected chi connectivity index (χ1v) is 7.90. The lowest BCUT2D eigenvalue weighted by molar-refractivity contribution is 0.0996. The number of nitrogens with one attached hydrogen (secondary N) is 1. The molecule has 0 unspecified atom stereocenters. The molecule has 0 bridgehead atoms. The number of amides is 3. The molecule has 0 spiro atoms. The highest BCUT2D eigenvalue weighted by Crippen LogP contribution is 2.33. The number of hydrogen-bond donors (Lipinski definition) is 3. The Labute approximate surface area is 157 Å². The topological polar surface area (TPSA) is 125 Å². The quantitative estimate of drug-likeness (QED) is 0.622. The molecule has 0 aliphatic rings. The second kappa shape index (κ2) is 7.35.